The van der Waals surface area contributed by atoms with Crippen LogP contribution < -0.4 is 10.1 Å². The fourth-order valence-electron chi connectivity index (χ4n) is 6.50. The summed E-state index contributed by atoms with van der Waals surface area (Å²) in [6.07, 6.45) is 11.9. The number of nitrogens with zero attached hydrogens (tertiary/aromatic N) is 4. The minimum Gasteiger partial charge on any atom is -0.424 e. The summed E-state index contributed by atoms with van der Waals surface area (Å²) in [7, 11) is 0. The van der Waals surface area contributed by atoms with Crippen LogP contribution in [0.4, 0.5) is 0 Å². The number of carbonyl (C=O) groups is 3. The molecule has 0 unspecified atom stereocenters. The average molecular weight is 572 g/mol. The number of ketones is 2. The molecule has 6 rings (SSSR count). The lowest BCUT2D eigenvalue weighted by molar-refractivity contribution is -0.139. The number of aromatic nitrogens is 3. The molecule has 3 atom stereocenters. The molecule has 0 radical (unpaired) electrons. The van der Waals surface area contributed by atoms with Gasteiger partial charge in [-0.05, 0) is 62.9 Å². The Morgan fingerprint density at radius 3 is 2.76 bits per heavy atom. The molecular formula is C32H37N5O5. The lowest BCUT2D eigenvalue weighted by Crippen LogP contribution is -2.44. The van der Waals surface area contributed by atoms with Crippen LogP contribution in [0.5, 0.6) is 11.8 Å². The van der Waals surface area contributed by atoms with Gasteiger partial charge in [-0.3, -0.25) is 14.4 Å². The van der Waals surface area contributed by atoms with Gasteiger partial charge in [0.25, 0.3) is 0 Å². The summed E-state index contributed by atoms with van der Waals surface area (Å²) in [6.45, 7) is 7.58. The zero-order valence-corrected chi connectivity index (χ0v) is 24.4. The molecule has 3 aromatic rings. The fourth-order valence-corrected chi connectivity index (χ4v) is 6.50. The van der Waals surface area contributed by atoms with Gasteiger partial charge in [0.15, 0.2) is 11.6 Å². The number of benzene rings is 1. The van der Waals surface area contributed by atoms with Crippen molar-refractivity contribution in [1.29, 1.82) is 0 Å². The van der Waals surface area contributed by atoms with Gasteiger partial charge in [-0.2, -0.15) is 0 Å². The number of aryl methyl sites for hydroxylation is 1. The zero-order chi connectivity index (χ0) is 29.4. The summed E-state index contributed by atoms with van der Waals surface area (Å²) < 4.78 is 13.9. The van der Waals surface area contributed by atoms with Crippen molar-refractivity contribution >= 4 is 28.4 Å². The number of nitrogens with one attached hydrogen (secondary N) is 1. The highest BCUT2D eigenvalue weighted by atomic mass is 16.5. The van der Waals surface area contributed by atoms with Gasteiger partial charge in [-0.25, -0.2) is 9.97 Å². The number of hydrogen-bond donors (Lipinski definition) is 1. The third kappa shape index (κ3) is 5.36. The molecule has 3 aliphatic rings. The third-order valence-corrected chi connectivity index (χ3v) is 8.68. The molecular weight excluding hydrogens is 534 g/mol. The number of rotatable bonds is 5. The summed E-state index contributed by atoms with van der Waals surface area (Å²) in [4.78, 5) is 50.2. The molecule has 1 aliphatic carbocycles. The molecule has 220 valence electrons. The SMILES string of the molecule is CCC(=O)[C@@H]1C[C@]23COC/C=C\CCNCc4cc(Oc5ncc(C)cn5)cc5c(C(C)=O)cn(c45)CC(=O)N1[C@@H]2C3. The van der Waals surface area contributed by atoms with E-state index in [0.29, 0.717) is 49.3 Å². The Morgan fingerprint density at radius 2 is 2.00 bits per heavy atom. The van der Waals surface area contributed by atoms with Crippen LogP contribution in [-0.2, 0) is 27.4 Å². The highest BCUT2D eigenvalue weighted by molar-refractivity contribution is 6.08. The van der Waals surface area contributed by atoms with E-state index >= 15 is 0 Å². The molecule has 2 aromatic heterocycles. The Hall–Kier alpha value is -3.89. The van der Waals surface area contributed by atoms with E-state index in [1.165, 1.54) is 6.92 Å². The van der Waals surface area contributed by atoms with E-state index in [2.05, 4.69) is 21.4 Å². The quantitative estimate of drug-likeness (QED) is 0.359. The Balaban J connectivity index is 1.41. The number of ether oxygens (including phenoxy) is 2. The second-order valence-corrected chi connectivity index (χ2v) is 11.7. The topological polar surface area (TPSA) is 116 Å². The summed E-state index contributed by atoms with van der Waals surface area (Å²) in [5, 5.41) is 4.18. The maximum Gasteiger partial charge on any atom is 0.321 e. The highest BCUT2D eigenvalue weighted by Gasteiger charge is 2.66. The largest absolute Gasteiger partial charge is 0.424 e. The van der Waals surface area contributed by atoms with Crippen molar-refractivity contribution < 1.29 is 23.9 Å². The van der Waals surface area contributed by atoms with Crippen molar-refractivity contribution in [3.63, 3.8) is 0 Å². The molecule has 42 heavy (non-hydrogen) atoms. The van der Waals surface area contributed by atoms with Crippen molar-refractivity contribution in [3.05, 3.63) is 59.6 Å². The maximum absolute atomic E-state index is 14.0. The van der Waals surface area contributed by atoms with Crippen LogP contribution in [0.1, 0.15) is 61.0 Å². The van der Waals surface area contributed by atoms with Crippen LogP contribution in [0.25, 0.3) is 10.9 Å². The van der Waals surface area contributed by atoms with Crippen LogP contribution >= 0.6 is 0 Å². The van der Waals surface area contributed by atoms with Crippen molar-refractivity contribution in [2.45, 2.75) is 71.6 Å². The monoisotopic (exact) mass is 571 g/mol. The molecule has 1 saturated heterocycles. The van der Waals surface area contributed by atoms with Gasteiger partial charge in [-0.15, -0.1) is 0 Å². The number of Topliss-reactive ketones (excluding diaryl/α,β-unsaturated/α-hetero) is 2. The maximum atomic E-state index is 14.0. The highest BCUT2D eigenvalue weighted by Crippen LogP contribution is 2.60. The number of hydrogen-bond acceptors (Lipinski definition) is 8. The standard InChI is InChI=1S/C32H37N5O5/c1-4-27(39)26-12-32-13-28(32)37(26)29(40)18-36-17-25(21(3)38)24-11-23(42-31-34-14-20(2)15-35-31)10-22(30(24)36)16-33-8-6-5-7-9-41-19-32/h5,7,10-11,14-15,17,26,28,33H,4,6,8-9,12-13,16,18-19H2,1-3H3/b7-5-/t26-,28+,32-/m0/s1. The van der Waals surface area contributed by atoms with Gasteiger partial charge >= 0.3 is 6.01 Å². The fraction of sp³-hybridized carbons (Fsp3) is 0.469. The normalized spacial score (nSPS) is 25.1. The Morgan fingerprint density at radius 1 is 1.19 bits per heavy atom. The molecule has 1 amide bonds. The van der Waals surface area contributed by atoms with Gasteiger partial charge < -0.3 is 24.3 Å². The molecule has 0 spiro atoms. The van der Waals surface area contributed by atoms with E-state index in [-0.39, 0.29) is 41.5 Å². The van der Waals surface area contributed by atoms with E-state index < -0.39 is 6.04 Å². The smallest absolute Gasteiger partial charge is 0.321 e. The first-order valence-corrected chi connectivity index (χ1v) is 14.7. The molecule has 10 heteroatoms. The molecule has 10 nitrogen and oxygen atoms in total. The second kappa shape index (κ2) is 11.4. The summed E-state index contributed by atoms with van der Waals surface area (Å²) >= 11 is 0. The van der Waals surface area contributed by atoms with Gasteiger partial charge in [0, 0.05) is 54.0 Å². The van der Waals surface area contributed by atoms with Gasteiger partial charge in [0.05, 0.1) is 24.8 Å². The van der Waals surface area contributed by atoms with E-state index in [1.54, 1.807) is 18.6 Å². The molecule has 2 fully saturated rings. The molecule has 1 aromatic carbocycles. The van der Waals surface area contributed by atoms with Crippen LogP contribution in [0.3, 0.4) is 0 Å². The first kappa shape index (κ1) is 28.2. The lowest BCUT2D eigenvalue weighted by Gasteiger charge is -2.27. The Labute approximate surface area is 245 Å². The summed E-state index contributed by atoms with van der Waals surface area (Å²) in [5.41, 5.74) is 2.94. The summed E-state index contributed by atoms with van der Waals surface area (Å²) in [6, 6.07) is 3.49. The molecule has 2 aliphatic heterocycles. The third-order valence-electron chi connectivity index (χ3n) is 8.68. The van der Waals surface area contributed by atoms with Gasteiger partial charge in [0.2, 0.25) is 5.91 Å². The second-order valence-electron chi connectivity index (χ2n) is 11.7. The zero-order valence-electron chi connectivity index (χ0n) is 24.4. The van der Waals surface area contributed by atoms with Crippen molar-refractivity contribution in [1.82, 2.24) is 24.8 Å². The van der Waals surface area contributed by atoms with Crippen LogP contribution in [0.15, 0.2) is 42.9 Å². The van der Waals surface area contributed by atoms with Gasteiger partial charge in [-0.1, -0.05) is 19.1 Å². The number of piperidine rings is 1. The van der Waals surface area contributed by atoms with Crippen LogP contribution in [0, 0.1) is 12.3 Å². The number of amides is 1. The van der Waals surface area contributed by atoms with Crippen molar-refractivity contribution in [2.75, 3.05) is 19.8 Å². The lowest BCUT2D eigenvalue weighted by atomic mass is 9.97. The minimum absolute atomic E-state index is 0.00471. The van der Waals surface area contributed by atoms with Crippen molar-refractivity contribution in [2.24, 2.45) is 5.41 Å². The van der Waals surface area contributed by atoms with E-state index in [4.69, 9.17) is 9.47 Å². The van der Waals surface area contributed by atoms with Gasteiger partial charge in [0.1, 0.15) is 12.3 Å². The van der Waals surface area contributed by atoms with Crippen molar-refractivity contribution in [3.8, 4) is 11.8 Å². The first-order valence-electron chi connectivity index (χ1n) is 14.7. The van der Waals surface area contributed by atoms with E-state index in [1.807, 2.05) is 41.5 Å². The first-order chi connectivity index (χ1) is 20.3. The van der Waals surface area contributed by atoms with Crippen LogP contribution in [0.2, 0.25) is 0 Å². The van der Waals surface area contributed by atoms with E-state index in [0.717, 1.165) is 36.0 Å². The molecule has 4 heterocycles. The average Bonchev–Trinajstić information content (AvgIpc) is 3.38. The number of carbonyl (C=O) groups excluding carboxylic acids is 3. The Bertz CT molecular complexity index is 1560. The molecule has 1 N–H and O–H groups in total. The summed E-state index contributed by atoms with van der Waals surface area (Å²) in [5.74, 6) is 0.360. The van der Waals surface area contributed by atoms with Crippen LogP contribution in [-0.4, -0.2) is 68.8 Å². The predicted molar refractivity (Wildman–Crippen MR) is 156 cm³/mol. The molecule has 2 bridgehead atoms. The van der Waals surface area contributed by atoms with E-state index in [9.17, 15) is 14.4 Å². The Kier molecular flexibility index (Phi) is 7.67. The molecule has 1 saturated carbocycles. The minimum atomic E-state index is -0.441. The predicted octanol–water partition coefficient (Wildman–Crippen LogP) is 4.14.